The summed E-state index contributed by atoms with van der Waals surface area (Å²) in [5, 5.41) is 18.7. The van der Waals surface area contributed by atoms with E-state index in [1.807, 2.05) is 0 Å². The first-order chi connectivity index (χ1) is 11.5. The van der Waals surface area contributed by atoms with E-state index in [1.165, 1.54) is 24.4 Å². The highest BCUT2D eigenvalue weighted by Gasteiger charge is 2.26. The third-order valence-corrected chi connectivity index (χ3v) is 4.14. The Bertz CT molecular complexity index is 839. The second-order valence-corrected chi connectivity index (χ2v) is 5.89. The summed E-state index contributed by atoms with van der Waals surface area (Å²) in [6, 6.07) is 5.75. The average Bonchev–Trinajstić information content (AvgIpc) is 3.01. The smallest absolute Gasteiger partial charge is 0.167 e. The Kier molecular flexibility index (Phi) is 4.71. The number of ketones is 1. The molecule has 0 saturated carbocycles. The predicted molar refractivity (Wildman–Crippen MR) is 87.6 cm³/mol. The number of nitrogens with zero attached hydrogens (tertiary/aromatic N) is 2. The summed E-state index contributed by atoms with van der Waals surface area (Å²) < 4.78 is 13.2. The lowest BCUT2D eigenvalue weighted by Crippen LogP contribution is -2.24. The van der Waals surface area contributed by atoms with E-state index < -0.39 is 18.5 Å². The molecular formula is C17H14ClFN2O3. The van der Waals surface area contributed by atoms with Crippen molar-refractivity contribution in [2.75, 3.05) is 6.61 Å². The molecule has 1 unspecified atom stereocenters. The van der Waals surface area contributed by atoms with Crippen LogP contribution in [0.25, 0.3) is 0 Å². The predicted octanol–water partition coefficient (Wildman–Crippen LogP) is 2.28. The van der Waals surface area contributed by atoms with E-state index in [-0.39, 0.29) is 23.6 Å². The van der Waals surface area contributed by atoms with Crippen LogP contribution in [-0.2, 0) is 12.8 Å². The Morgan fingerprint density at radius 3 is 2.88 bits per heavy atom. The van der Waals surface area contributed by atoms with E-state index in [0.29, 0.717) is 28.2 Å². The molecule has 2 heterocycles. The molecule has 0 fully saturated rings. The zero-order valence-electron chi connectivity index (χ0n) is 12.5. The molecule has 0 aliphatic carbocycles. The monoisotopic (exact) mass is 348 g/mol. The van der Waals surface area contributed by atoms with Crippen LogP contribution in [0.1, 0.15) is 21.5 Å². The molecule has 1 atom stereocenters. The van der Waals surface area contributed by atoms with Crippen LogP contribution in [0.4, 0.5) is 10.2 Å². The van der Waals surface area contributed by atoms with Crippen LogP contribution < -0.4 is 0 Å². The van der Waals surface area contributed by atoms with Crippen molar-refractivity contribution in [2.24, 2.45) is 4.99 Å². The summed E-state index contributed by atoms with van der Waals surface area (Å²) >= 11 is 5.74. The standard InChI is InChI=1S/C17H14ClFN2O3/c18-12-5-9(1-2-13(12)19)6-15(23)10-3-4-20-17-11(10)7-14(21-17)16(24)8-22/h1-5,16,22,24H,6-8H2. The fourth-order valence-corrected chi connectivity index (χ4v) is 2.80. The van der Waals surface area contributed by atoms with Gasteiger partial charge in [-0.15, -0.1) is 0 Å². The molecule has 0 amide bonds. The van der Waals surface area contributed by atoms with E-state index in [1.54, 1.807) is 6.07 Å². The Morgan fingerprint density at radius 2 is 2.17 bits per heavy atom. The van der Waals surface area contributed by atoms with Gasteiger partial charge in [0.1, 0.15) is 11.9 Å². The SMILES string of the molecule is O=C(Cc1ccc(F)c(Cl)c1)c1ccnc2c1CC(C(O)CO)=N2. The molecule has 24 heavy (non-hydrogen) atoms. The van der Waals surface area contributed by atoms with Crippen LogP contribution in [0.2, 0.25) is 5.02 Å². The fraction of sp³-hybridized carbons (Fsp3) is 0.235. The topological polar surface area (TPSA) is 82.8 Å². The second kappa shape index (κ2) is 6.76. The summed E-state index contributed by atoms with van der Waals surface area (Å²) in [6.45, 7) is -0.440. The van der Waals surface area contributed by atoms with Crippen molar-refractivity contribution >= 4 is 28.9 Å². The van der Waals surface area contributed by atoms with Crippen LogP contribution in [0.5, 0.6) is 0 Å². The number of aromatic nitrogens is 1. The number of hydrogen-bond acceptors (Lipinski definition) is 5. The van der Waals surface area contributed by atoms with Crippen molar-refractivity contribution in [3.05, 3.63) is 58.0 Å². The van der Waals surface area contributed by atoms with Crippen LogP contribution in [0, 0.1) is 5.82 Å². The van der Waals surface area contributed by atoms with Gasteiger partial charge in [0.05, 0.1) is 17.3 Å². The lowest BCUT2D eigenvalue weighted by Gasteiger charge is -2.08. The Hall–Kier alpha value is -2.15. The van der Waals surface area contributed by atoms with Gasteiger partial charge in [0.25, 0.3) is 0 Å². The Balaban J connectivity index is 1.84. The first-order valence-corrected chi connectivity index (χ1v) is 7.68. The number of carbonyl (C=O) groups is 1. The van der Waals surface area contributed by atoms with E-state index in [4.69, 9.17) is 16.7 Å². The molecule has 1 aromatic heterocycles. The molecule has 1 aliphatic heterocycles. The van der Waals surface area contributed by atoms with Gasteiger partial charge in [0.15, 0.2) is 11.6 Å². The van der Waals surface area contributed by atoms with E-state index in [9.17, 15) is 14.3 Å². The molecule has 124 valence electrons. The summed E-state index contributed by atoms with van der Waals surface area (Å²) in [5.74, 6) is -0.333. The Labute approximate surface area is 142 Å². The zero-order valence-corrected chi connectivity index (χ0v) is 13.3. The molecule has 0 spiro atoms. The number of pyridine rings is 1. The first kappa shape index (κ1) is 16.7. The third-order valence-electron chi connectivity index (χ3n) is 3.85. The molecule has 5 nitrogen and oxygen atoms in total. The largest absolute Gasteiger partial charge is 0.393 e. The maximum absolute atomic E-state index is 13.2. The highest BCUT2D eigenvalue weighted by atomic mass is 35.5. The van der Waals surface area contributed by atoms with Gasteiger partial charge in [-0.05, 0) is 23.8 Å². The minimum atomic E-state index is -1.07. The molecule has 2 aromatic rings. The lowest BCUT2D eigenvalue weighted by atomic mass is 9.97. The van der Waals surface area contributed by atoms with Crippen LogP contribution >= 0.6 is 11.6 Å². The van der Waals surface area contributed by atoms with Crippen LogP contribution in [-0.4, -0.2) is 39.4 Å². The lowest BCUT2D eigenvalue weighted by molar-refractivity contribution is 0.0992. The number of aliphatic hydroxyl groups excluding tert-OH is 2. The van der Waals surface area contributed by atoms with Gasteiger partial charge in [-0.25, -0.2) is 14.4 Å². The summed E-state index contributed by atoms with van der Waals surface area (Å²) in [5.41, 5.74) is 2.05. The van der Waals surface area contributed by atoms with E-state index in [2.05, 4.69) is 9.98 Å². The Morgan fingerprint density at radius 1 is 1.38 bits per heavy atom. The van der Waals surface area contributed by atoms with Crippen molar-refractivity contribution in [2.45, 2.75) is 18.9 Å². The molecule has 7 heteroatoms. The number of aliphatic imine (C=N–C) groups is 1. The van der Waals surface area contributed by atoms with Gasteiger partial charge < -0.3 is 10.2 Å². The normalized spacial score (nSPS) is 14.2. The van der Waals surface area contributed by atoms with Crippen LogP contribution in [0.15, 0.2) is 35.5 Å². The van der Waals surface area contributed by atoms with E-state index >= 15 is 0 Å². The van der Waals surface area contributed by atoms with Crippen molar-refractivity contribution < 1.29 is 19.4 Å². The number of hydrogen-bond donors (Lipinski definition) is 2. The minimum absolute atomic E-state index is 0.0306. The van der Waals surface area contributed by atoms with Crippen molar-refractivity contribution in [1.29, 1.82) is 0 Å². The van der Waals surface area contributed by atoms with Gasteiger partial charge in [-0.1, -0.05) is 17.7 Å². The second-order valence-electron chi connectivity index (χ2n) is 5.49. The molecule has 2 N–H and O–H groups in total. The molecule has 0 bridgehead atoms. The maximum atomic E-state index is 13.2. The molecular weight excluding hydrogens is 335 g/mol. The fourth-order valence-electron chi connectivity index (χ4n) is 2.60. The highest BCUT2D eigenvalue weighted by Crippen LogP contribution is 2.29. The molecule has 3 rings (SSSR count). The highest BCUT2D eigenvalue weighted by molar-refractivity contribution is 6.30. The van der Waals surface area contributed by atoms with Crippen molar-refractivity contribution in [3.63, 3.8) is 0 Å². The molecule has 1 aromatic carbocycles. The van der Waals surface area contributed by atoms with Crippen molar-refractivity contribution in [3.8, 4) is 0 Å². The first-order valence-electron chi connectivity index (χ1n) is 7.31. The summed E-state index contributed by atoms with van der Waals surface area (Å²) in [6.07, 6.45) is 0.726. The number of carbonyl (C=O) groups excluding carboxylic acids is 1. The van der Waals surface area contributed by atoms with Gasteiger partial charge in [0, 0.05) is 30.2 Å². The zero-order chi connectivity index (χ0) is 17.3. The van der Waals surface area contributed by atoms with Crippen molar-refractivity contribution in [1.82, 2.24) is 4.98 Å². The number of Topliss-reactive ketones (excluding diaryl/α,β-unsaturated/α-hetero) is 1. The number of benzene rings is 1. The van der Waals surface area contributed by atoms with Gasteiger partial charge in [-0.2, -0.15) is 0 Å². The number of fused-ring (bicyclic) bond motifs is 1. The molecule has 1 aliphatic rings. The van der Waals surface area contributed by atoms with E-state index in [0.717, 1.165) is 0 Å². The third kappa shape index (κ3) is 3.21. The molecule has 0 saturated heterocycles. The average molecular weight is 349 g/mol. The van der Waals surface area contributed by atoms with Crippen LogP contribution in [0.3, 0.4) is 0 Å². The molecule has 0 radical (unpaired) electrons. The number of aliphatic hydroxyl groups is 2. The number of rotatable bonds is 5. The van der Waals surface area contributed by atoms with Gasteiger partial charge in [-0.3, -0.25) is 4.79 Å². The minimum Gasteiger partial charge on any atom is -0.393 e. The van der Waals surface area contributed by atoms with Gasteiger partial charge >= 0.3 is 0 Å². The maximum Gasteiger partial charge on any atom is 0.167 e. The summed E-state index contributed by atoms with van der Waals surface area (Å²) in [4.78, 5) is 20.9. The quantitative estimate of drug-likeness (QED) is 0.812. The number of halogens is 2. The summed E-state index contributed by atoms with van der Waals surface area (Å²) in [7, 11) is 0. The van der Waals surface area contributed by atoms with Gasteiger partial charge in [0.2, 0.25) is 0 Å².